The number of aliphatic carboxylic acids is 2. The number of carboxylic acids is 2. The molecule has 7 nitrogen and oxygen atoms in total. The van der Waals surface area contributed by atoms with Gasteiger partial charge in [0.25, 0.3) is 0 Å². The Morgan fingerprint density at radius 2 is 1.89 bits per heavy atom. The molecule has 1 aliphatic carbocycles. The van der Waals surface area contributed by atoms with Gasteiger partial charge in [0.1, 0.15) is 6.04 Å². The molecule has 0 radical (unpaired) electrons. The molecule has 0 aliphatic heterocycles. The number of hydrogen-bond donors (Lipinski definition) is 4. The van der Waals surface area contributed by atoms with E-state index in [-0.39, 0.29) is 24.8 Å². The number of amides is 2. The molecule has 0 saturated heterocycles. The Morgan fingerprint density at radius 3 is 2.33 bits per heavy atom. The average Bonchev–Trinajstić information content (AvgIpc) is 2.93. The highest BCUT2D eigenvalue weighted by Crippen LogP contribution is 2.34. The molecule has 0 spiro atoms. The van der Waals surface area contributed by atoms with Crippen molar-refractivity contribution in [2.45, 2.75) is 50.6 Å². The summed E-state index contributed by atoms with van der Waals surface area (Å²) in [5.41, 5.74) is -0.214. The minimum Gasteiger partial charge on any atom is -0.481 e. The zero-order valence-electron chi connectivity index (χ0n) is 10.2. The number of hydrogen-bond acceptors (Lipinski definition) is 3. The Morgan fingerprint density at radius 1 is 1.28 bits per heavy atom. The Bertz CT molecular complexity index is 351. The fraction of sp³-hybridized carbons (Fsp3) is 0.727. The zero-order chi connectivity index (χ0) is 13.8. The Kier molecular flexibility index (Phi) is 4.52. The highest BCUT2D eigenvalue weighted by molar-refractivity contribution is 5.83. The first kappa shape index (κ1) is 14.3. The summed E-state index contributed by atoms with van der Waals surface area (Å²) in [6.07, 6.45) is 1.98. The van der Waals surface area contributed by atoms with Crippen LogP contribution in [0.4, 0.5) is 4.79 Å². The van der Waals surface area contributed by atoms with E-state index in [1.807, 2.05) is 6.92 Å². The van der Waals surface area contributed by atoms with Crippen molar-refractivity contribution in [3.05, 3.63) is 0 Å². The molecule has 7 heteroatoms. The third kappa shape index (κ3) is 5.03. The van der Waals surface area contributed by atoms with Crippen molar-refractivity contribution in [3.8, 4) is 0 Å². The van der Waals surface area contributed by atoms with E-state index in [4.69, 9.17) is 10.2 Å². The molecule has 1 saturated carbocycles. The van der Waals surface area contributed by atoms with Gasteiger partial charge in [0.2, 0.25) is 0 Å². The second kappa shape index (κ2) is 5.70. The fourth-order valence-electron chi connectivity index (χ4n) is 1.50. The van der Waals surface area contributed by atoms with Gasteiger partial charge in [0.05, 0.1) is 0 Å². The van der Waals surface area contributed by atoms with Crippen LogP contribution in [-0.2, 0) is 9.59 Å². The van der Waals surface area contributed by atoms with Crippen molar-refractivity contribution in [2.24, 2.45) is 0 Å². The molecule has 0 bridgehead atoms. The quantitative estimate of drug-likeness (QED) is 0.532. The summed E-state index contributed by atoms with van der Waals surface area (Å²) in [6, 6.07) is -1.57. The summed E-state index contributed by atoms with van der Waals surface area (Å²) < 4.78 is 0. The molecular formula is C11H18N2O5. The van der Waals surface area contributed by atoms with E-state index in [1.165, 1.54) is 0 Å². The molecule has 0 aromatic rings. The number of nitrogens with one attached hydrogen (secondary N) is 2. The Labute approximate surface area is 105 Å². The molecule has 18 heavy (non-hydrogen) atoms. The van der Waals surface area contributed by atoms with Gasteiger partial charge in [-0.05, 0) is 32.6 Å². The van der Waals surface area contributed by atoms with Crippen LogP contribution in [0.15, 0.2) is 0 Å². The maximum atomic E-state index is 11.5. The third-order valence-corrected chi connectivity index (χ3v) is 2.90. The van der Waals surface area contributed by atoms with Crippen molar-refractivity contribution in [1.82, 2.24) is 10.6 Å². The number of urea groups is 1. The largest absolute Gasteiger partial charge is 0.481 e. The van der Waals surface area contributed by atoms with Crippen LogP contribution < -0.4 is 10.6 Å². The molecule has 4 N–H and O–H groups in total. The van der Waals surface area contributed by atoms with Gasteiger partial charge >= 0.3 is 18.0 Å². The summed E-state index contributed by atoms with van der Waals surface area (Å²) in [6.45, 7) is 1.88. The van der Waals surface area contributed by atoms with Crippen molar-refractivity contribution >= 4 is 18.0 Å². The lowest BCUT2D eigenvalue weighted by Crippen LogP contribution is -2.49. The first-order chi connectivity index (χ1) is 8.32. The molecule has 2 amide bonds. The van der Waals surface area contributed by atoms with Crippen LogP contribution in [0.1, 0.15) is 39.0 Å². The number of rotatable bonds is 7. The van der Waals surface area contributed by atoms with Gasteiger partial charge in [-0.15, -0.1) is 0 Å². The van der Waals surface area contributed by atoms with E-state index in [9.17, 15) is 14.4 Å². The molecule has 0 heterocycles. The van der Waals surface area contributed by atoms with Gasteiger partial charge < -0.3 is 20.8 Å². The SMILES string of the molecule is CC1(NC(=O)N[C@H](CCCC(=O)O)C(=O)O)CC1. The van der Waals surface area contributed by atoms with Gasteiger partial charge in [-0.1, -0.05) is 0 Å². The van der Waals surface area contributed by atoms with Crippen LogP contribution >= 0.6 is 0 Å². The summed E-state index contributed by atoms with van der Waals surface area (Å²) in [7, 11) is 0. The highest BCUT2D eigenvalue weighted by atomic mass is 16.4. The molecule has 0 aromatic carbocycles. The van der Waals surface area contributed by atoms with E-state index >= 15 is 0 Å². The number of carbonyl (C=O) groups is 3. The zero-order valence-corrected chi connectivity index (χ0v) is 10.2. The highest BCUT2D eigenvalue weighted by Gasteiger charge is 2.39. The van der Waals surface area contributed by atoms with E-state index in [1.54, 1.807) is 0 Å². The Hall–Kier alpha value is -1.79. The lowest BCUT2D eigenvalue weighted by atomic mass is 10.1. The summed E-state index contributed by atoms with van der Waals surface area (Å²) in [5, 5.41) is 22.4. The van der Waals surface area contributed by atoms with Crippen LogP contribution in [0.25, 0.3) is 0 Å². The van der Waals surface area contributed by atoms with Crippen molar-refractivity contribution in [1.29, 1.82) is 0 Å². The lowest BCUT2D eigenvalue weighted by Gasteiger charge is -2.17. The topological polar surface area (TPSA) is 116 Å². The number of carbonyl (C=O) groups excluding carboxylic acids is 1. The van der Waals surface area contributed by atoms with Crippen molar-refractivity contribution in [3.63, 3.8) is 0 Å². The third-order valence-electron chi connectivity index (χ3n) is 2.90. The van der Waals surface area contributed by atoms with Gasteiger partial charge in [-0.25, -0.2) is 9.59 Å². The molecule has 1 rings (SSSR count). The summed E-state index contributed by atoms with van der Waals surface area (Å²) in [4.78, 5) is 32.7. The minimum absolute atomic E-state index is 0.103. The van der Waals surface area contributed by atoms with E-state index in [0.29, 0.717) is 0 Å². The average molecular weight is 258 g/mol. The van der Waals surface area contributed by atoms with Crippen LogP contribution in [0.3, 0.4) is 0 Å². The first-order valence-electron chi connectivity index (χ1n) is 5.86. The normalized spacial score (nSPS) is 17.6. The monoisotopic (exact) mass is 258 g/mol. The Balaban J connectivity index is 2.34. The van der Waals surface area contributed by atoms with Crippen LogP contribution in [0.2, 0.25) is 0 Å². The van der Waals surface area contributed by atoms with Gasteiger partial charge in [0.15, 0.2) is 0 Å². The van der Waals surface area contributed by atoms with E-state index in [2.05, 4.69) is 10.6 Å². The van der Waals surface area contributed by atoms with E-state index in [0.717, 1.165) is 12.8 Å². The van der Waals surface area contributed by atoms with Crippen molar-refractivity contribution in [2.75, 3.05) is 0 Å². The summed E-state index contributed by atoms with van der Waals surface area (Å²) in [5.74, 6) is -2.13. The molecule has 1 aliphatic rings. The molecule has 0 aromatic heterocycles. The first-order valence-corrected chi connectivity index (χ1v) is 5.86. The van der Waals surface area contributed by atoms with Crippen LogP contribution in [-0.4, -0.2) is 39.8 Å². The van der Waals surface area contributed by atoms with E-state index < -0.39 is 24.0 Å². The molecule has 1 fully saturated rings. The summed E-state index contributed by atoms with van der Waals surface area (Å²) >= 11 is 0. The molecule has 0 unspecified atom stereocenters. The second-order valence-corrected chi connectivity index (χ2v) is 4.84. The maximum absolute atomic E-state index is 11.5. The molecular weight excluding hydrogens is 240 g/mol. The number of carboxylic acid groups (broad SMARTS) is 2. The molecule has 102 valence electrons. The smallest absolute Gasteiger partial charge is 0.326 e. The van der Waals surface area contributed by atoms with Gasteiger partial charge in [0, 0.05) is 12.0 Å². The van der Waals surface area contributed by atoms with Crippen LogP contribution in [0, 0.1) is 0 Å². The predicted octanol–water partition coefficient (Wildman–Crippen LogP) is 0.546. The van der Waals surface area contributed by atoms with Crippen LogP contribution in [0.5, 0.6) is 0 Å². The standard InChI is InChI=1S/C11H18N2O5/c1-11(5-6-11)13-10(18)12-7(9(16)17)3-2-4-8(14)15/h7H,2-6H2,1H3,(H,14,15)(H,16,17)(H2,12,13,18)/t7-/m1/s1. The van der Waals surface area contributed by atoms with Crippen molar-refractivity contribution < 1.29 is 24.6 Å². The van der Waals surface area contributed by atoms with Gasteiger partial charge in [-0.2, -0.15) is 0 Å². The fourth-order valence-corrected chi connectivity index (χ4v) is 1.50. The second-order valence-electron chi connectivity index (χ2n) is 4.84. The molecule has 1 atom stereocenters. The minimum atomic E-state index is -1.16. The predicted molar refractivity (Wildman–Crippen MR) is 62.2 cm³/mol. The van der Waals surface area contributed by atoms with Gasteiger partial charge in [-0.3, -0.25) is 4.79 Å². The maximum Gasteiger partial charge on any atom is 0.326 e. The lowest BCUT2D eigenvalue weighted by molar-refractivity contribution is -0.140.